The van der Waals surface area contributed by atoms with E-state index in [1.807, 2.05) is 53.0 Å². The molecule has 1 aliphatic rings. The van der Waals surface area contributed by atoms with Gasteiger partial charge in [0.25, 0.3) is 0 Å². The van der Waals surface area contributed by atoms with Crippen molar-refractivity contribution in [3.05, 3.63) is 162 Å². The molecule has 4 aromatic heterocycles. The summed E-state index contributed by atoms with van der Waals surface area (Å²) in [5, 5.41) is 6.30. The number of pyridine rings is 1. The number of allylic oxidation sites excluding steroid dienone is 1. The second-order valence-electron chi connectivity index (χ2n) is 13.7. The van der Waals surface area contributed by atoms with Gasteiger partial charge in [0.05, 0.1) is 5.69 Å². The number of nitrogens with zero attached hydrogens (tertiary/aromatic N) is 4. The maximum absolute atomic E-state index is 5.29. The molecule has 0 bridgehead atoms. The zero-order valence-corrected chi connectivity index (χ0v) is 30.7. The molecule has 0 spiro atoms. The second-order valence-corrected chi connectivity index (χ2v) is 15.8. The average Bonchev–Trinajstić information content (AvgIpc) is 3.82. The first-order valence-electron chi connectivity index (χ1n) is 18.2. The summed E-state index contributed by atoms with van der Waals surface area (Å²) in [6.07, 6.45) is 6.74. The number of aromatic nitrogens is 4. The van der Waals surface area contributed by atoms with Crippen molar-refractivity contribution in [1.29, 1.82) is 0 Å². The van der Waals surface area contributed by atoms with Crippen LogP contribution in [0.4, 0.5) is 0 Å². The first kappa shape index (κ1) is 31.2. The standard InChI is InChI=1S/C48H30N4S2/c1-2-11-31(12-3-1)45-50-46(32-25-21-29(22-26-32)34-17-10-18-38-35-13-6-8-19-40(35)53-44(34)38)52-47(51-45)33-27-23-30(24-28-33)43-37-15-5-4-14-36(37)42-39-16-7-9-20-41(39)54-48(42)49-43/h1-8,10-19,21-28H,9,20H2. The van der Waals surface area contributed by atoms with Crippen molar-refractivity contribution >= 4 is 69.9 Å². The summed E-state index contributed by atoms with van der Waals surface area (Å²) in [4.78, 5) is 22.9. The first-order valence-corrected chi connectivity index (χ1v) is 19.8. The molecule has 11 rings (SSSR count). The molecule has 0 radical (unpaired) electrons. The van der Waals surface area contributed by atoms with Gasteiger partial charge in [-0.05, 0) is 41.0 Å². The molecule has 1 aliphatic carbocycles. The zero-order valence-electron chi connectivity index (χ0n) is 29.0. The number of hydrogen-bond donors (Lipinski definition) is 0. The van der Waals surface area contributed by atoms with Gasteiger partial charge in [-0.15, -0.1) is 22.7 Å². The van der Waals surface area contributed by atoms with Crippen molar-refractivity contribution in [1.82, 2.24) is 19.9 Å². The van der Waals surface area contributed by atoms with Crippen LogP contribution in [0.2, 0.25) is 0 Å². The van der Waals surface area contributed by atoms with Crippen molar-refractivity contribution in [3.8, 4) is 56.5 Å². The molecule has 0 saturated carbocycles. The third kappa shape index (κ3) is 5.17. The summed E-state index contributed by atoms with van der Waals surface area (Å²) in [7, 11) is 0. The highest BCUT2D eigenvalue weighted by atomic mass is 32.1. The molecular formula is C48H30N4S2. The Morgan fingerprint density at radius 2 is 1.04 bits per heavy atom. The SMILES string of the molecule is C1=Cc2c(sc3nc(-c4ccc(-c5nc(-c6ccccc6)nc(-c6ccc(-c7cccc8c7sc7ccccc78)cc6)n5)cc4)c4ccccc4c23)CC1. The van der Waals surface area contributed by atoms with Gasteiger partial charge in [-0.3, -0.25) is 0 Å². The van der Waals surface area contributed by atoms with E-state index in [2.05, 4.69) is 127 Å². The van der Waals surface area contributed by atoms with Gasteiger partial charge in [-0.25, -0.2) is 19.9 Å². The molecule has 0 saturated heterocycles. The fourth-order valence-corrected chi connectivity index (χ4v) is 10.2. The fraction of sp³-hybridized carbons (Fsp3) is 0.0417. The Morgan fingerprint density at radius 3 is 1.78 bits per heavy atom. The predicted molar refractivity (Wildman–Crippen MR) is 228 cm³/mol. The molecule has 254 valence electrons. The molecule has 4 nitrogen and oxygen atoms in total. The number of aryl methyl sites for hydroxylation is 1. The molecule has 10 aromatic rings. The molecule has 6 aromatic carbocycles. The van der Waals surface area contributed by atoms with Gasteiger partial charge >= 0.3 is 0 Å². The highest BCUT2D eigenvalue weighted by Gasteiger charge is 2.20. The van der Waals surface area contributed by atoms with Gasteiger partial charge in [0.2, 0.25) is 0 Å². The highest BCUT2D eigenvalue weighted by molar-refractivity contribution is 7.26. The summed E-state index contributed by atoms with van der Waals surface area (Å²) in [6, 6.07) is 51.2. The van der Waals surface area contributed by atoms with Crippen molar-refractivity contribution < 1.29 is 0 Å². The Labute approximate surface area is 319 Å². The van der Waals surface area contributed by atoms with Crippen LogP contribution in [0.15, 0.2) is 152 Å². The van der Waals surface area contributed by atoms with Crippen LogP contribution in [0, 0.1) is 0 Å². The van der Waals surface area contributed by atoms with Crippen LogP contribution in [0.3, 0.4) is 0 Å². The van der Waals surface area contributed by atoms with E-state index < -0.39 is 0 Å². The lowest BCUT2D eigenvalue weighted by Gasteiger charge is -2.11. The summed E-state index contributed by atoms with van der Waals surface area (Å²) >= 11 is 3.68. The number of rotatable bonds is 5. The Hall–Kier alpha value is -6.34. The molecule has 54 heavy (non-hydrogen) atoms. The number of fused-ring (bicyclic) bond motifs is 8. The third-order valence-electron chi connectivity index (χ3n) is 10.4. The molecule has 0 fully saturated rings. The van der Waals surface area contributed by atoms with Crippen molar-refractivity contribution in [2.75, 3.05) is 0 Å². The lowest BCUT2D eigenvalue weighted by molar-refractivity contribution is 1.02. The second kappa shape index (κ2) is 12.7. The Kier molecular flexibility index (Phi) is 7.32. The van der Waals surface area contributed by atoms with Crippen LogP contribution >= 0.6 is 22.7 Å². The molecule has 0 aliphatic heterocycles. The normalized spacial score (nSPS) is 12.6. The molecule has 0 amide bonds. The van der Waals surface area contributed by atoms with E-state index in [9.17, 15) is 0 Å². The van der Waals surface area contributed by atoms with Crippen LogP contribution in [0.25, 0.3) is 104 Å². The van der Waals surface area contributed by atoms with Crippen LogP contribution in [0.1, 0.15) is 16.9 Å². The van der Waals surface area contributed by atoms with Gasteiger partial charge in [0, 0.05) is 58.1 Å². The lowest BCUT2D eigenvalue weighted by atomic mass is 9.97. The van der Waals surface area contributed by atoms with Crippen molar-refractivity contribution in [2.24, 2.45) is 0 Å². The number of thiophene rings is 2. The van der Waals surface area contributed by atoms with Gasteiger partial charge in [0.1, 0.15) is 4.83 Å². The van der Waals surface area contributed by atoms with Gasteiger partial charge in [-0.2, -0.15) is 0 Å². The van der Waals surface area contributed by atoms with E-state index in [4.69, 9.17) is 19.9 Å². The molecule has 6 heteroatoms. The fourth-order valence-electron chi connectivity index (χ4n) is 7.78. The van der Waals surface area contributed by atoms with E-state index in [-0.39, 0.29) is 0 Å². The molecule has 0 unspecified atom stereocenters. The molecule has 4 heterocycles. The Morgan fingerprint density at radius 1 is 0.444 bits per heavy atom. The molecule has 0 atom stereocenters. The van der Waals surface area contributed by atoms with Gasteiger partial charge in [0.15, 0.2) is 17.5 Å². The minimum absolute atomic E-state index is 0.635. The minimum atomic E-state index is 0.635. The summed E-state index contributed by atoms with van der Waals surface area (Å²) in [5.41, 5.74) is 8.63. The van der Waals surface area contributed by atoms with Crippen molar-refractivity contribution in [2.45, 2.75) is 12.8 Å². The smallest absolute Gasteiger partial charge is 0.164 e. The van der Waals surface area contributed by atoms with Crippen LogP contribution in [0.5, 0.6) is 0 Å². The average molecular weight is 727 g/mol. The monoisotopic (exact) mass is 726 g/mol. The maximum atomic E-state index is 5.29. The molecule has 0 N–H and O–H groups in total. The largest absolute Gasteiger partial charge is 0.236 e. The Balaban J connectivity index is 0.989. The van der Waals surface area contributed by atoms with Crippen LogP contribution in [-0.4, -0.2) is 19.9 Å². The van der Waals surface area contributed by atoms with E-state index in [0.29, 0.717) is 17.5 Å². The maximum Gasteiger partial charge on any atom is 0.164 e. The Bertz CT molecular complexity index is 3090. The van der Waals surface area contributed by atoms with Crippen LogP contribution < -0.4 is 0 Å². The van der Waals surface area contributed by atoms with E-state index in [1.54, 1.807) is 0 Å². The minimum Gasteiger partial charge on any atom is -0.236 e. The summed E-state index contributed by atoms with van der Waals surface area (Å²) in [6.45, 7) is 0. The number of benzene rings is 6. The highest BCUT2D eigenvalue weighted by Crippen LogP contribution is 2.43. The number of hydrogen-bond acceptors (Lipinski definition) is 6. The first-order chi connectivity index (χ1) is 26.7. The predicted octanol–water partition coefficient (Wildman–Crippen LogP) is 13.3. The van der Waals surface area contributed by atoms with E-state index >= 15 is 0 Å². The van der Waals surface area contributed by atoms with Gasteiger partial charge in [-0.1, -0.05) is 152 Å². The van der Waals surface area contributed by atoms with Crippen LogP contribution in [-0.2, 0) is 6.42 Å². The van der Waals surface area contributed by atoms with Crippen molar-refractivity contribution in [3.63, 3.8) is 0 Å². The topological polar surface area (TPSA) is 51.6 Å². The zero-order chi connectivity index (χ0) is 35.6. The van der Waals surface area contributed by atoms with Gasteiger partial charge < -0.3 is 0 Å². The summed E-state index contributed by atoms with van der Waals surface area (Å²) in [5.74, 6) is 1.92. The summed E-state index contributed by atoms with van der Waals surface area (Å²) < 4.78 is 2.61. The lowest BCUT2D eigenvalue weighted by Crippen LogP contribution is -2.00. The van der Waals surface area contributed by atoms with E-state index in [1.165, 1.54) is 52.5 Å². The molecular weight excluding hydrogens is 697 g/mol. The van der Waals surface area contributed by atoms with E-state index in [0.717, 1.165) is 51.0 Å². The third-order valence-corrected chi connectivity index (χ3v) is 12.8. The quantitative estimate of drug-likeness (QED) is 0.177.